The van der Waals surface area contributed by atoms with Crippen molar-refractivity contribution in [2.75, 3.05) is 13.1 Å². The van der Waals surface area contributed by atoms with Gasteiger partial charge in [-0.25, -0.2) is 22.4 Å². The maximum atomic E-state index is 14.2. The second kappa shape index (κ2) is 9.59. The summed E-state index contributed by atoms with van der Waals surface area (Å²) in [4.78, 5) is 14.1. The normalized spacial score (nSPS) is 11.1. The predicted molar refractivity (Wildman–Crippen MR) is 122 cm³/mol. The van der Waals surface area contributed by atoms with Crippen molar-refractivity contribution in [1.29, 1.82) is 0 Å². The number of rotatable bonds is 6. The number of carbonyl (C=O) groups excluding carboxylic acids is 1. The Morgan fingerprint density at radius 3 is 2.24 bits per heavy atom. The average Bonchev–Trinajstić information content (AvgIpc) is 3.22. The lowest BCUT2D eigenvalue weighted by molar-refractivity contribution is 0.157. The van der Waals surface area contributed by atoms with Crippen molar-refractivity contribution in [3.05, 3.63) is 89.6 Å². The van der Waals surface area contributed by atoms with E-state index in [1.807, 2.05) is 13.8 Å². The van der Waals surface area contributed by atoms with Crippen molar-refractivity contribution < 1.29 is 27.1 Å². The third-order valence-corrected chi connectivity index (χ3v) is 5.73. The minimum atomic E-state index is -1.05. The fourth-order valence-corrected chi connectivity index (χ4v) is 3.92. The van der Waals surface area contributed by atoms with E-state index in [0.29, 0.717) is 35.1 Å². The minimum absolute atomic E-state index is 0.0855. The number of amides is 1. The van der Waals surface area contributed by atoms with Crippen LogP contribution in [0.5, 0.6) is 5.75 Å². The molecule has 0 aliphatic rings. The van der Waals surface area contributed by atoms with E-state index in [-0.39, 0.29) is 17.9 Å². The zero-order valence-corrected chi connectivity index (χ0v) is 18.6. The highest BCUT2D eigenvalue weighted by atomic mass is 19.2. The highest BCUT2D eigenvalue weighted by Crippen LogP contribution is 2.39. The largest absolute Gasteiger partial charge is 0.415 e. The lowest BCUT2D eigenvalue weighted by atomic mass is 10.00. The highest BCUT2D eigenvalue weighted by Gasteiger charge is 2.20. The lowest BCUT2D eigenvalue weighted by Crippen LogP contribution is -2.33. The number of carbonyl (C=O) groups is 1. The molecule has 4 rings (SSSR count). The Bertz CT molecular complexity index is 1340. The number of aromatic nitrogens is 1. The van der Waals surface area contributed by atoms with Crippen LogP contribution in [0.25, 0.3) is 22.0 Å². The van der Waals surface area contributed by atoms with Gasteiger partial charge in [-0.15, -0.1) is 0 Å². The molecule has 0 atom stereocenters. The molecule has 0 spiro atoms. The fourth-order valence-electron chi connectivity index (χ4n) is 3.92. The predicted octanol–water partition coefficient (Wildman–Crippen LogP) is 6.75. The van der Waals surface area contributed by atoms with E-state index in [9.17, 15) is 22.4 Å². The molecule has 0 aliphatic carbocycles. The number of fused-ring (bicyclic) bond motifs is 1. The Labute approximate surface area is 194 Å². The van der Waals surface area contributed by atoms with Gasteiger partial charge in [-0.05, 0) is 61.9 Å². The zero-order valence-electron chi connectivity index (χ0n) is 18.6. The number of nitrogens with zero attached hydrogens (tertiary/aromatic N) is 2. The molecule has 0 radical (unpaired) electrons. The average molecular weight is 470 g/mol. The molecule has 0 fully saturated rings. The van der Waals surface area contributed by atoms with Gasteiger partial charge in [0.25, 0.3) is 0 Å². The molecule has 4 aromatic rings. The van der Waals surface area contributed by atoms with Gasteiger partial charge in [0.05, 0.1) is 6.54 Å². The van der Waals surface area contributed by atoms with Crippen LogP contribution in [0.15, 0.2) is 60.8 Å². The molecular formula is C26H22F4N2O2. The summed E-state index contributed by atoms with van der Waals surface area (Å²) in [6.45, 7) is 4.40. The quantitative estimate of drug-likeness (QED) is 0.292. The van der Waals surface area contributed by atoms with Crippen molar-refractivity contribution in [3.63, 3.8) is 0 Å². The fraction of sp³-hybridized carbons (Fsp3) is 0.192. The second-order valence-corrected chi connectivity index (χ2v) is 7.68. The van der Waals surface area contributed by atoms with Gasteiger partial charge in [-0.3, -0.25) is 0 Å². The van der Waals surface area contributed by atoms with Crippen LogP contribution in [0.3, 0.4) is 0 Å². The van der Waals surface area contributed by atoms with E-state index in [0.717, 1.165) is 12.1 Å². The third-order valence-electron chi connectivity index (χ3n) is 5.73. The summed E-state index contributed by atoms with van der Waals surface area (Å²) in [7, 11) is 0. The number of halogens is 4. The van der Waals surface area contributed by atoms with Crippen LogP contribution in [0, 0.1) is 23.3 Å². The van der Waals surface area contributed by atoms with Crippen LogP contribution in [0.4, 0.5) is 22.4 Å². The van der Waals surface area contributed by atoms with Gasteiger partial charge in [-0.1, -0.05) is 12.1 Å². The van der Waals surface area contributed by atoms with E-state index >= 15 is 0 Å². The van der Waals surface area contributed by atoms with Gasteiger partial charge in [0, 0.05) is 41.3 Å². The van der Waals surface area contributed by atoms with Gasteiger partial charge in [0.1, 0.15) is 17.4 Å². The first-order valence-electron chi connectivity index (χ1n) is 10.8. The molecule has 0 unspecified atom stereocenters. The first-order chi connectivity index (χ1) is 16.3. The highest BCUT2D eigenvalue weighted by molar-refractivity contribution is 5.99. The molecule has 34 heavy (non-hydrogen) atoms. The molecule has 0 saturated carbocycles. The molecule has 3 aromatic carbocycles. The Kier molecular flexibility index (Phi) is 6.58. The summed E-state index contributed by atoms with van der Waals surface area (Å²) < 4.78 is 63.4. The van der Waals surface area contributed by atoms with Crippen LogP contribution in [0.2, 0.25) is 0 Å². The summed E-state index contributed by atoms with van der Waals surface area (Å²) in [5.41, 5.74) is 1.13. The van der Waals surface area contributed by atoms with E-state index in [4.69, 9.17) is 4.74 Å². The lowest BCUT2D eigenvalue weighted by Gasteiger charge is -2.20. The van der Waals surface area contributed by atoms with E-state index in [1.54, 1.807) is 22.9 Å². The molecule has 8 heteroatoms. The first kappa shape index (κ1) is 23.4. The number of ether oxygens (including phenoxy) is 1. The number of benzene rings is 3. The molecule has 1 heterocycles. The summed E-state index contributed by atoms with van der Waals surface area (Å²) in [5, 5.41) is 0.549. The second-order valence-electron chi connectivity index (χ2n) is 7.68. The Morgan fingerprint density at radius 1 is 0.882 bits per heavy atom. The monoisotopic (exact) mass is 470 g/mol. The van der Waals surface area contributed by atoms with Crippen LogP contribution in [-0.2, 0) is 6.54 Å². The Balaban J connectivity index is 1.86. The molecule has 1 amide bonds. The molecule has 0 bridgehead atoms. The molecule has 4 nitrogen and oxygen atoms in total. The van der Waals surface area contributed by atoms with Gasteiger partial charge in [-0.2, -0.15) is 0 Å². The number of hydrogen-bond acceptors (Lipinski definition) is 2. The van der Waals surface area contributed by atoms with Crippen LogP contribution >= 0.6 is 0 Å². The molecule has 176 valence electrons. The molecule has 1 aromatic heterocycles. The maximum absolute atomic E-state index is 14.2. The standard InChI is InChI=1S/C26H22F4N2O2/c1-3-31(4-2)26(33)34-24-11-10-23-17(25(24)16-8-9-21(29)22(30)14-16)12-13-32(23)15-18-19(27)6-5-7-20(18)28/h5-14H,3-4,15H2,1-2H3. The SMILES string of the molecule is CCN(CC)C(=O)Oc1ccc2c(ccn2Cc2c(F)cccc2F)c1-c1ccc(F)c(F)c1. The molecule has 0 saturated heterocycles. The van der Waals surface area contributed by atoms with E-state index in [1.165, 1.54) is 35.2 Å². The minimum Gasteiger partial charge on any atom is -0.410 e. The first-order valence-corrected chi connectivity index (χ1v) is 10.8. The third kappa shape index (κ3) is 4.35. The Hall–Kier alpha value is -3.81. The molecular weight excluding hydrogens is 448 g/mol. The maximum Gasteiger partial charge on any atom is 0.415 e. The van der Waals surface area contributed by atoms with E-state index < -0.39 is 29.4 Å². The zero-order chi connectivity index (χ0) is 24.4. The van der Waals surface area contributed by atoms with Gasteiger partial charge < -0.3 is 14.2 Å². The van der Waals surface area contributed by atoms with E-state index in [2.05, 4.69) is 0 Å². The summed E-state index contributed by atoms with van der Waals surface area (Å²) in [6.07, 6.45) is 1.05. The molecule has 0 aliphatic heterocycles. The smallest absolute Gasteiger partial charge is 0.410 e. The Morgan fingerprint density at radius 2 is 1.59 bits per heavy atom. The number of hydrogen-bond donors (Lipinski definition) is 0. The van der Waals surface area contributed by atoms with Gasteiger partial charge in [0.2, 0.25) is 0 Å². The van der Waals surface area contributed by atoms with Crippen molar-refractivity contribution >= 4 is 17.0 Å². The molecule has 0 N–H and O–H groups in total. The topological polar surface area (TPSA) is 34.5 Å². The van der Waals surface area contributed by atoms with Crippen LogP contribution < -0.4 is 4.74 Å². The van der Waals surface area contributed by atoms with Crippen LogP contribution in [-0.4, -0.2) is 28.6 Å². The van der Waals surface area contributed by atoms with Crippen molar-refractivity contribution in [3.8, 4) is 16.9 Å². The van der Waals surface area contributed by atoms with Crippen molar-refractivity contribution in [1.82, 2.24) is 9.47 Å². The van der Waals surface area contributed by atoms with Gasteiger partial charge in [0.15, 0.2) is 11.6 Å². The van der Waals surface area contributed by atoms with Crippen molar-refractivity contribution in [2.24, 2.45) is 0 Å². The summed E-state index contributed by atoms with van der Waals surface area (Å²) >= 11 is 0. The van der Waals surface area contributed by atoms with Gasteiger partial charge >= 0.3 is 6.09 Å². The van der Waals surface area contributed by atoms with Crippen LogP contribution in [0.1, 0.15) is 19.4 Å². The summed E-state index contributed by atoms with van der Waals surface area (Å²) in [5.74, 6) is -3.25. The summed E-state index contributed by atoms with van der Waals surface area (Å²) in [6, 6.07) is 11.9. The van der Waals surface area contributed by atoms with Crippen molar-refractivity contribution in [2.45, 2.75) is 20.4 Å².